The van der Waals surface area contributed by atoms with E-state index in [1.807, 2.05) is 30.3 Å². The van der Waals surface area contributed by atoms with Gasteiger partial charge < -0.3 is 4.74 Å². The van der Waals surface area contributed by atoms with E-state index >= 15 is 0 Å². The smallest absolute Gasteiger partial charge is 0.229 e. The number of methoxy groups -OCH3 is 1. The highest BCUT2D eigenvalue weighted by Crippen LogP contribution is 2.31. The van der Waals surface area contributed by atoms with Crippen molar-refractivity contribution in [1.29, 1.82) is 0 Å². The number of rotatable bonds is 10. The van der Waals surface area contributed by atoms with Crippen molar-refractivity contribution in [2.75, 3.05) is 17.8 Å². The van der Waals surface area contributed by atoms with Crippen molar-refractivity contribution in [2.24, 2.45) is 0 Å². The molecule has 0 saturated carbocycles. The zero-order valence-electron chi connectivity index (χ0n) is 19.7. The van der Waals surface area contributed by atoms with Crippen molar-refractivity contribution in [3.05, 3.63) is 78.1 Å². The molecule has 9 heteroatoms. The Bertz CT molecular complexity index is 1400. The van der Waals surface area contributed by atoms with E-state index in [9.17, 15) is 13.2 Å². The number of sulfone groups is 1. The molecule has 0 fully saturated rings. The van der Waals surface area contributed by atoms with Gasteiger partial charge in [0.05, 0.1) is 40.2 Å². The van der Waals surface area contributed by atoms with Gasteiger partial charge in [-0.2, -0.15) is 0 Å². The van der Waals surface area contributed by atoms with Gasteiger partial charge in [-0.25, -0.2) is 13.4 Å². The summed E-state index contributed by atoms with van der Waals surface area (Å²) in [6.45, 7) is 2.37. The van der Waals surface area contributed by atoms with Gasteiger partial charge in [0.25, 0.3) is 0 Å². The molecule has 0 atom stereocenters. The fourth-order valence-corrected chi connectivity index (χ4v) is 6.01. The van der Waals surface area contributed by atoms with Crippen molar-refractivity contribution in [1.82, 2.24) is 9.97 Å². The number of thiazole rings is 1. The predicted octanol–water partition coefficient (Wildman–Crippen LogP) is 5.05. The lowest BCUT2D eigenvalue weighted by atomic mass is 10.2. The average Bonchev–Trinajstić information content (AvgIpc) is 3.30. The Morgan fingerprint density at radius 2 is 1.89 bits per heavy atom. The third-order valence-electron chi connectivity index (χ3n) is 5.65. The molecule has 0 bridgehead atoms. The minimum Gasteiger partial charge on any atom is -0.497 e. The number of hydrogen-bond donors (Lipinski definition) is 0. The molecule has 0 aliphatic carbocycles. The summed E-state index contributed by atoms with van der Waals surface area (Å²) in [4.78, 5) is 24.2. The van der Waals surface area contributed by atoms with Gasteiger partial charge in [0.1, 0.15) is 5.75 Å². The van der Waals surface area contributed by atoms with Crippen LogP contribution in [0.4, 0.5) is 5.13 Å². The monoisotopic (exact) mass is 509 g/mol. The third kappa shape index (κ3) is 6.04. The number of benzene rings is 2. The van der Waals surface area contributed by atoms with E-state index in [4.69, 9.17) is 9.72 Å². The zero-order chi connectivity index (χ0) is 24.8. The summed E-state index contributed by atoms with van der Waals surface area (Å²) in [5, 5.41) is 0.585. The molecule has 7 nitrogen and oxygen atoms in total. The molecule has 0 N–H and O–H groups in total. The fraction of sp³-hybridized carbons (Fsp3) is 0.269. The van der Waals surface area contributed by atoms with Crippen molar-refractivity contribution in [2.45, 2.75) is 37.6 Å². The fourth-order valence-electron chi connectivity index (χ4n) is 3.66. The van der Waals surface area contributed by atoms with Crippen LogP contribution in [0.15, 0.2) is 71.8 Å². The van der Waals surface area contributed by atoms with Gasteiger partial charge in [0.2, 0.25) is 5.91 Å². The number of aromatic nitrogens is 2. The predicted molar refractivity (Wildman–Crippen MR) is 139 cm³/mol. The Balaban J connectivity index is 1.51. The molecule has 0 unspecified atom stereocenters. The van der Waals surface area contributed by atoms with Crippen molar-refractivity contribution < 1.29 is 17.9 Å². The molecular formula is C26H27N3O4S2. The summed E-state index contributed by atoms with van der Waals surface area (Å²) in [5.41, 5.74) is 2.78. The van der Waals surface area contributed by atoms with Crippen molar-refractivity contribution in [3.8, 4) is 5.75 Å². The molecule has 0 saturated heterocycles. The van der Waals surface area contributed by atoms with E-state index in [2.05, 4.69) is 18.0 Å². The van der Waals surface area contributed by atoms with Gasteiger partial charge in [-0.15, -0.1) is 0 Å². The third-order valence-corrected chi connectivity index (χ3v) is 8.51. The lowest BCUT2D eigenvalue weighted by Crippen LogP contribution is -2.30. The van der Waals surface area contributed by atoms with E-state index in [1.165, 1.54) is 36.1 Å². The zero-order valence-corrected chi connectivity index (χ0v) is 21.3. The number of carbonyl (C=O) groups is 1. The second kappa shape index (κ2) is 11.0. The minimum atomic E-state index is -3.51. The van der Waals surface area contributed by atoms with Crippen LogP contribution < -0.4 is 9.64 Å². The summed E-state index contributed by atoms with van der Waals surface area (Å²) in [6, 6.07) is 17.9. The minimum absolute atomic E-state index is 0.0817. The van der Waals surface area contributed by atoms with Crippen LogP contribution in [-0.4, -0.2) is 37.2 Å². The number of pyridine rings is 1. The maximum absolute atomic E-state index is 13.3. The molecule has 1 amide bonds. The lowest BCUT2D eigenvalue weighted by Gasteiger charge is -2.19. The van der Waals surface area contributed by atoms with E-state index in [0.717, 1.165) is 22.3 Å². The van der Waals surface area contributed by atoms with Crippen molar-refractivity contribution >= 4 is 42.4 Å². The molecule has 182 valence electrons. The van der Waals surface area contributed by atoms with Crippen molar-refractivity contribution in [3.63, 3.8) is 0 Å². The Kier molecular flexibility index (Phi) is 7.77. The number of ether oxygens (including phenoxy) is 1. The van der Waals surface area contributed by atoms with Crippen LogP contribution in [0.3, 0.4) is 0 Å². The largest absolute Gasteiger partial charge is 0.497 e. The van der Waals surface area contributed by atoms with E-state index in [0.29, 0.717) is 10.9 Å². The van der Waals surface area contributed by atoms with Crippen LogP contribution in [0.25, 0.3) is 10.2 Å². The molecule has 4 rings (SSSR count). The van der Waals surface area contributed by atoms with Gasteiger partial charge >= 0.3 is 0 Å². The van der Waals surface area contributed by atoms with Crippen LogP contribution in [-0.2, 0) is 27.6 Å². The van der Waals surface area contributed by atoms with Crippen LogP contribution in [0.5, 0.6) is 5.75 Å². The molecular weight excluding hydrogens is 482 g/mol. The first-order valence-electron chi connectivity index (χ1n) is 11.4. The molecule has 2 heterocycles. The van der Waals surface area contributed by atoms with Crippen LogP contribution in [0.1, 0.15) is 31.0 Å². The van der Waals surface area contributed by atoms with E-state index < -0.39 is 9.84 Å². The van der Waals surface area contributed by atoms with E-state index in [1.54, 1.807) is 23.2 Å². The first-order chi connectivity index (χ1) is 16.9. The number of anilines is 1. The number of nitrogens with zero attached hydrogens (tertiary/aromatic N) is 3. The second-order valence-corrected chi connectivity index (χ2v) is 11.2. The van der Waals surface area contributed by atoms with E-state index in [-0.39, 0.29) is 35.9 Å². The van der Waals surface area contributed by atoms with Gasteiger partial charge in [0, 0.05) is 12.6 Å². The molecule has 0 aliphatic rings. The lowest BCUT2D eigenvalue weighted by molar-refractivity contribution is -0.118. The van der Waals surface area contributed by atoms with Gasteiger partial charge in [0.15, 0.2) is 15.0 Å². The Morgan fingerprint density at radius 3 is 2.57 bits per heavy atom. The second-order valence-electron chi connectivity index (χ2n) is 8.05. The Labute approximate surface area is 209 Å². The summed E-state index contributed by atoms with van der Waals surface area (Å²) in [6.07, 6.45) is 2.89. The average molecular weight is 510 g/mol. The molecule has 0 spiro atoms. The molecule has 35 heavy (non-hydrogen) atoms. The summed E-state index contributed by atoms with van der Waals surface area (Å²) in [5.74, 6) is 0.281. The first kappa shape index (κ1) is 24.8. The standard InChI is InChI=1S/C26H27N3O4S2/c1-3-19-9-14-23-24(17-19)34-26(28-23)29(18-20-7-4-5-15-27-20)25(30)8-6-16-35(31,32)22-12-10-21(33-2)11-13-22/h4-5,7,9-15,17H,3,6,8,16,18H2,1-2H3. The molecule has 0 radical (unpaired) electrons. The number of hydrogen-bond acceptors (Lipinski definition) is 7. The highest BCUT2D eigenvalue weighted by molar-refractivity contribution is 7.91. The quantitative estimate of drug-likeness (QED) is 0.297. The van der Waals surface area contributed by atoms with Gasteiger partial charge in [-0.1, -0.05) is 30.4 Å². The summed E-state index contributed by atoms with van der Waals surface area (Å²) >= 11 is 1.46. The summed E-state index contributed by atoms with van der Waals surface area (Å²) in [7, 11) is -1.98. The maximum atomic E-state index is 13.3. The van der Waals surface area contributed by atoms with Gasteiger partial charge in [-0.05, 0) is 66.9 Å². The number of fused-ring (bicyclic) bond motifs is 1. The molecule has 0 aliphatic heterocycles. The number of carbonyl (C=O) groups excluding carboxylic acids is 1. The van der Waals surface area contributed by atoms with Gasteiger partial charge in [-0.3, -0.25) is 14.7 Å². The maximum Gasteiger partial charge on any atom is 0.229 e. The number of aryl methyl sites for hydroxylation is 1. The Morgan fingerprint density at radius 1 is 1.09 bits per heavy atom. The molecule has 2 aromatic carbocycles. The summed E-state index contributed by atoms with van der Waals surface area (Å²) < 4.78 is 31.6. The van der Waals surface area contributed by atoms with Crippen LogP contribution in [0, 0.1) is 0 Å². The SMILES string of the molecule is CCc1ccc2nc(N(Cc3ccccn3)C(=O)CCCS(=O)(=O)c3ccc(OC)cc3)sc2c1. The number of amides is 1. The highest BCUT2D eigenvalue weighted by atomic mass is 32.2. The normalized spacial score (nSPS) is 11.5. The molecule has 2 aromatic heterocycles. The highest BCUT2D eigenvalue weighted by Gasteiger charge is 2.22. The topological polar surface area (TPSA) is 89.5 Å². The Hall–Kier alpha value is -3.30. The van der Waals surface area contributed by atoms with Crippen LogP contribution >= 0.6 is 11.3 Å². The first-order valence-corrected chi connectivity index (χ1v) is 13.8. The molecule has 4 aromatic rings. The van der Waals surface area contributed by atoms with Crippen LogP contribution in [0.2, 0.25) is 0 Å².